The number of hydrogen-bond donors (Lipinski definition) is 0. The molecule has 2 nitrogen and oxygen atoms in total. The smallest absolute Gasteiger partial charge is 0.0231 e. The number of thioether (sulfide) groups is 1. The van der Waals surface area contributed by atoms with Crippen LogP contribution in [0.5, 0.6) is 0 Å². The summed E-state index contributed by atoms with van der Waals surface area (Å²) in [6.07, 6.45) is 32.0. The molecule has 260 valence electrons. The van der Waals surface area contributed by atoms with Crippen molar-refractivity contribution in [3.8, 4) is 0 Å². The first-order chi connectivity index (χ1) is 21.9. The zero-order valence-electron chi connectivity index (χ0n) is 31.0. The zero-order valence-corrected chi connectivity index (χ0v) is 31.8. The number of nitrogens with zero attached hydrogens (tertiary/aromatic N) is 2. The standard InChI is InChI=1S/C42H76N2S/c1-6-9-10-11-12-13-16-19-29-43(4)34-39-30-40(32-41(31-39)36-45-8-3)35-44(5)33-38-22-21-37(20-7-2)23-27-42(28-24-38)25-17-14-15-18-26-42/h30-32,37-38H,6-29,33-36H2,1-5H3. The summed E-state index contributed by atoms with van der Waals surface area (Å²) in [6.45, 7) is 11.7. The Bertz CT molecular complexity index is 875. The molecule has 0 aromatic heterocycles. The van der Waals surface area contributed by atoms with Crippen molar-refractivity contribution < 1.29 is 0 Å². The average Bonchev–Trinajstić information content (AvgIpc) is 3.22. The number of rotatable bonds is 20. The van der Waals surface area contributed by atoms with Gasteiger partial charge < -0.3 is 9.80 Å². The van der Waals surface area contributed by atoms with Crippen LogP contribution in [0.1, 0.15) is 179 Å². The van der Waals surface area contributed by atoms with E-state index in [1.165, 1.54) is 177 Å². The molecular weight excluding hydrogens is 565 g/mol. The average molecular weight is 641 g/mol. The summed E-state index contributed by atoms with van der Waals surface area (Å²) in [4.78, 5) is 5.27. The van der Waals surface area contributed by atoms with Crippen molar-refractivity contribution in [2.24, 2.45) is 17.3 Å². The monoisotopic (exact) mass is 641 g/mol. The van der Waals surface area contributed by atoms with Crippen LogP contribution in [0, 0.1) is 17.3 Å². The summed E-state index contributed by atoms with van der Waals surface area (Å²) in [5, 5.41) is 0. The summed E-state index contributed by atoms with van der Waals surface area (Å²) in [5.41, 5.74) is 5.26. The van der Waals surface area contributed by atoms with Gasteiger partial charge in [0.1, 0.15) is 0 Å². The zero-order chi connectivity index (χ0) is 32.2. The predicted molar refractivity (Wildman–Crippen MR) is 203 cm³/mol. The van der Waals surface area contributed by atoms with Gasteiger partial charge in [-0.1, -0.05) is 129 Å². The van der Waals surface area contributed by atoms with Gasteiger partial charge >= 0.3 is 0 Å². The molecule has 2 aliphatic carbocycles. The van der Waals surface area contributed by atoms with Crippen molar-refractivity contribution >= 4 is 11.8 Å². The number of benzene rings is 1. The molecule has 3 rings (SSSR count). The van der Waals surface area contributed by atoms with E-state index >= 15 is 0 Å². The highest BCUT2D eigenvalue weighted by molar-refractivity contribution is 7.98. The molecule has 1 aromatic rings. The molecule has 0 saturated heterocycles. The molecule has 45 heavy (non-hydrogen) atoms. The molecule has 0 aliphatic heterocycles. The minimum atomic E-state index is 0.671. The molecule has 0 N–H and O–H groups in total. The second-order valence-corrected chi connectivity index (χ2v) is 17.1. The molecule has 2 unspecified atom stereocenters. The van der Waals surface area contributed by atoms with Gasteiger partial charge in [0.25, 0.3) is 0 Å². The van der Waals surface area contributed by atoms with E-state index in [1.54, 1.807) is 0 Å². The lowest BCUT2D eigenvalue weighted by Crippen LogP contribution is -2.27. The van der Waals surface area contributed by atoms with Crippen LogP contribution in [0.2, 0.25) is 0 Å². The maximum atomic E-state index is 2.69. The van der Waals surface area contributed by atoms with Crippen LogP contribution < -0.4 is 0 Å². The highest BCUT2D eigenvalue weighted by Crippen LogP contribution is 2.46. The van der Waals surface area contributed by atoms with Crippen LogP contribution >= 0.6 is 11.8 Å². The van der Waals surface area contributed by atoms with Gasteiger partial charge in [-0.3, -0.25) is 0 Å². The van der Waals surface area contributed by atoms with Crippen molar-refractivity contribution in [3.05, 3.63) is 34.9 Å². The number of unbranched alkanes of at least 4 members (excludes halogenated alkanes) is 7. The molecule has 0 amide bonds. The van der Waals surface area contributed by atoms with Crippen molar-refractivity contribution in [2.45, 2.75) is 181 Å². The van der Waals surface area contributed by atoms with Gasteiger partial charge in [0.2, 0.25) is 0 Å². The van der Waals surface area contributed by atoms with Crippen LogP contribution in [-0.4, -0.2) is 42.7 Å². The molecule has 0 bridgehead atoms. The third-order valence-electron chi connectivity index (χ3n) is 11.5. The summed E-state index contributed by atoms with van der Waals surface area (Å²) < 4.78 is 0. The van der Waals surface area contributed by atoms with E-state index in [4.69, 9.17) is 0 Å². The van der Waals surface area contributed by atoms with Crippen LogP contribution in [0.15, 0.2) is 18.2 Å². The van der Waals surface area contributed by atoms with E-state index in [9.17, 15) is 0 Å². The summed E-state index contributed by atoms with van der Waals surface area (Å²) in [6, 6.07) is 7.58. The first-order valence-electron chi connectivity index (χ1n) is 20.0. The maximum Gasteiger partial charge on any atom is 0.0231 e. The first-order valence-corrected chi connectivity index (χ1v) is 21.2. The van der Waals surface area contributed by atoms with Gasteiger partial charge in [0.15, 0.2) is 0 Å². The fourth-order valence-electron chi connectivity index (χ4n) is 8.81. The Labute approximate surface area is 286 Å². The highest BCUT2D eigenvalue weighted by atomic mass is 32.2. The lowest BCUT2D eigenvalue weighted by Gasteiger charge is -2.35. The predicted octanol–water partition coefficient (Wildman–Crippen LogP) is 12.7. The molecule has 2 fully saturated rings. The molecule has 1 aromatic carbocycles. The fraction of sp³-hybridized carbons (Fsp3) is 0.857. The number of hydrogen-bond acceptors (Lipinski definition) is 3. The molecule has 0 heterocycles. The Morgan fingerprint density at radius 1 is 0.622 bits per heavy atom. The van der Waals surface area contributed by atoms with Gasteiger partial charge in [-0.2, -0.15) is 11.8 Å². The van der Waals surface area contributed by atoms with Crippen molar-refractivity contribution in [1.29, 1.82) is 0 Å². The van der Waals surface area contributed by atoms with E-state index in [0.29, 0.717) is 5.41 Å². The van der Waals surface area contributed by atoms with Crippen molar-refractivity contribution in [2.75, 3.05) is 32.9 Å². The largest absolute Gasteiger partial charge is 0.302 e. The lowest BCUT2D eigenvalue weighted by molar-refractivity contribution is 0.168. The Kier molecular flexibility index (Phi) is 19.9. The Morgan fingerprint density at radius 2 is 1.20 bits per heavy atom. The SMILES string of the molecule is CCCCCCCCCCN(C)Cc1cc(CSCC)cc(CN(C)CC2CCC(CCC)CCC3(CCCCCC3)CC2)c1. The van der Waals surface area contributed by atoms with Crippen molar-refractivity contribution in [1.82, 2.24) is 9.80 Å². The molecular formula is C42H76N2S. The molecule has 0 radical (unpaired) electrons. The summed E-state index contributed by atoms with van der Waals surface area (Å²) in [7, 11) is 4.75. The molecule has 2 aliphatic rings. The maximum absolute atomic E-state index is 2.69. The second-order valence-electron chi connectivity index (χ2n) is 15.8. The highest BCUT2D eigenvalue weighted by Gasteiger charge is 2.33. The second kappa shape index (κ2) is 23.0. The van der Waals surface area contributed by atoms with Gasteiger partial charge in [-0.05, 0) is 112 Å². The lowest BCUT2D eigenvalue weighted by atomic mass is 9.71. The Hall–Kier alpha value is -0.510. The van der Waals surface area contributed by atoms with Gasteiger partial charge in [0.05, 0.1) is 0 Å². The molecule has 2 atom stereocenters. The normalized spacial score (nSPS) is 21.1. The minimum Gasteiger partial charge on any atom is -0.302 e. The first kappa shape index (κ1) is 38.9. The summed E-state index contributed by atoms with van der Waals surface area (Å²) >= 11 is 2.07. The molecule has 1 spiro atoms. The van der Waals surface area contributed by atoms with Crippen LogP contribution in [0.25, 0.3) is 0 Å². The van der Waals surface area contributed by atoms with Crippen molar-refractivity contribution in [3.63, 3.8) is 0 Å². The van der Waals surface area contributed by atoms with Crippen LogP contribution in [-0.2, 0) is 18.8 Å². The van der Waals surface area contributed by atoms with Crippen LogP contribution in [0.3, 0.4) is 0 Å². The third kappa shape index (κ3) is 16.0. The minimum absolute atomic E-state index is 0.671. The van der Waals surface area contributed by atoms with Crippen LogP contribution in [0.4, 0.5) is 0 Å². The van der Waals surface area contributed by atoms with E-state index in [1.807, 2.05) is 0 Å². The third-order valence-corrected chi connectivity index (χ3v) is 12.4. The van der Waals surface area contributed by atoms with Gasteiger partial charge in [0, 0.05) is 25.4 Å². The quantitative estimate of drug-likeness (QED) is 0.131. The van der Waals surface area contributed by atoms with E-state index in [2.05, 4.69) is 74.6 Å². The van der Waals surface area contributed by atoms with Gasteiger partial charge in [-0.25, -0.2) is 0 Å². The fourth-order valence-corrected chi connectivity index (χ4v) is 9.42. The summed E-state index contributed by atoms with van der Waals surface area (Å²) in [5.74, 6) is 4.18. The topological polar surface area (TPSA) is 6.48 Å². The molecule has 3 heteroatoms. The Morgan fingerprint density at radius 3 is 1.84 bits per heavy atom. The van der Waals surface area contributed by atoms with E-state index in [-0.39, 0.29) is 0 Å². The van der Waals surface area contributed by atoms with Gasteiger partial charge in [-0.15, -0.1) is 0 Å². The Balaban J connectivity index is 1.57. The molecule has 2 saturated carbocycles. The van der Waals surface area contributed by atoms with E-state index < -0.39 is 0 Å². The van der Waals surface area contributed by atoms with E-state index in [0.717, 1.165) is 30.7 Å².